The molecular formula is C9H9NO3. The largest absolute Gasteiger partial charge is 0.373 e. The number of para-hydroxylation sites is 1. The lowest BCUT2D eigenvalue weighted by Crippen LogP contribution is -1.98. The van der Waals surface area contributed by atoms with Crippen molar-refractivity contribution in [2.75, 3.05) is 6.61 Å². The molecule has 1 saturated heterocycles. The molecule has 1 aliphatic heterocycles. The fourth-order valence-corrected chi connectivity index (χ4v) is 1.29. The Morgan fingerprint density at radius 1 is 1.54 bits per heavy atom. The summed E-state index contributed by atoms with van der Waals surface area (Å²) < 4.78 is 5.02. The molecule has 1 fully saturated rings. The van der Waals surface area contributed by atoms with Crippen LogP contribution in [-0.4, -0.2) is 17.6 Å². The molecule has 0 unspecified atom stereocenters. The zero-order valence-corrected chi connectivity index (χ0v) is 6.97. The maximum atomic E-state index is 10.6. The topological polar surface area (TPSA) is 55.7 Å². The number of ether oxygens (including phenoxy) is 1. The minimum atomic E-state index is -0.349. The number of nitrogens with zero attached hydrogens (tertiary/aromatic N) is 1. The molecular weight excluding hydrogens is 170 g/mol. The third-order valence-electron chi connectivity index (χ3n) is 2.04. The van der Waals surface area contributed by atoms with Crippen molar-refractivity contribution in [2.45, 2.75) is 12.5 Å². The molecule has 0 aliphatic carbocycles. The van der Waals surface area contributed by atoms with E-state index in [2.05, 4.69) is 0 Å². The molecule has 1 aromatic carbocycles. The number of epoxide rings is 1. The maximum Gasteiger partial charge on any atom is 0.272 e. The highest BCUT2D eigenvalue weighted by molar-refractivity contribution is 5.40. The van der Waals surface area contributed by atoms with Crippen LogP contribution in [0.1, 0.15) is 5.56 Å². The van der Waals surface area contributed by atoms with Crippen molar-refractivity contribution in [3.05, 3.63) is 39.9 Å². The van der Waals surface area contributed by atoms with E-state index < -0.39 is 0 Å². The number of nitro groups is 1. The van der Waals surface area contributed by atoms with Gasteiger partial charge in [0.15, 0.2) is 0 Å². The first kappa shape index (κ1) is 8.19. The Kier molecular flexibility index (Phi) is 1.98. The molecule has 1 atom stereocenters. The van der Waals surface area contributed by atoms with Crippen LogP contribution in [0, 0.1) is 10.1 Å². The Balaban J connectivity index is 2.25. The first-order valence-electron chi connectivity index (χ1n) is 4.11. The average Bonchev–Trinajstić information content (AvgIpc) is 2.89. The first-order valence-corrected chi connectivity index (χ1v) is 4.11. The Labute approximate surface area is 75.3 Å². The van der Waals surface area contributed by atoms with E-state index in [-0.39, 0.29) is 16.7 Å². The summed E-state index contributed by atoms with van der Waals surface area (Å²) in [7, 11) is 0. The summed E-state index contributed by atoms with van der Waals surface area (Å²) in [4.78, 5) is 10.2. The molecule has 0 radical (unpaired) electrons. The van der Waals surface area contributed by atoms with E-state index in [1.54, 1.807) is 12.1 Å². The molecule has 0 amide bonds. The summed E-state index contributed by atoms with van der Waals surface area (Å²) in [5, 5.41) is 10.6. The molecule has 4 heteroatoms. The van der Waals surface area contributed by atoms with Crippen LogP contribution in [-0.2, 0) is 11.2 Å². The number of hydrogen-bond acceptors (Lipinski definition) is 3. The van der Waals surface area contributed by atoms with E-state index in [4.69, 9.17) is 4.74 Å². The quantitative estimate of drug-likeness (QED) is 0.401. The van der Waals surface area contributed by atoms with Crippen molar-refractivity contribution < 1.29 is 9.66 Å². The molecule has 1 heterocycles. The van der Waals surface area contributed by atoms with Crippen molar-refractivity contribution in [1.29, 1.82) is 0 Å². The summed E-state index contributed by atoms with van der Waals surface area (Å²) in [5.74, 6) is 0. The summed E-state index contributed by atoms with van der Waals surface area (Å²) in [6.45, 7) is 0.728. The minimum Gasteiger partial charge on any atom is -0.373 e. The smallest absolute Gasteiger partial charge is 0.272 e. The van der Waals surface area contributed by atoms with Gasteiger partial charge in [0.1, 0.15) is 0 Å². The Hall–Kier alpha value is -1.42. The average molecular weight is 179 g/mol. The lowest BCUT2D eigenvalue weighted by Gasteiger charge is -1.98. The molecule has 13 heavy (non-hydrogen) atoms. The van der Waals surface area contributed by atoms with Gasteiger partial charge >= 0.3 is 0 Å². The Morgan fingerprint density at radius 3 is 2.85 bits per heavy atom. The van der Waals surface area contributed by atoms with Gasteiger partial charge in [-0.3, -0.25) is 10.1 Å². The molecule has 1 aliphatic rings. The fraction of sp³-hybridized carbons (Fsp3) is 0.333. The molecule has 4 nitrogen and oxygen atoms in total. The first-order chi connectivity index (χ1) is 6.27. The van der Waals surface area contributed by atoms with Crippen molar-refractivity contribution in [2.24, 2.45) is 0 Å². The molecule has 68 valence electrons. The Bertz CT molecular complexity index is 333. The Morgan fingerprint density at radius 2 is 2.23 bits per heavy atom. The highest BCUT2D eigenvalue weighted by atomic mass is 16.6. The van der Waals surface area contributed by atoms with Crippen LogP contribution >= 0.6 is 0 Å². The fourth-order valence-electron chi connectivity index (χ4n) is 1.29. The summed E-state index contributed by atoms with van der Waals surface area (Å²) in [6.07, 6.45) is 0.845. The molecule has 0 aromatic heterocycles. The predicted molar refractivity (Wildman–Crippen MR) is 46.5 cm³/mol. The molecule has 2 rings (SSSR count). The van der Waals surface area contributed by atoms with E-state index in [0.717, 1.165) is 12.2 Å². The van der Waals surface area contributed by atoms with E-state index in [9.17, 15) is 10.1 Å². The van der Waals surface area contributed by atoms with Crippen molar-refractivity contribution in [1.82, 2.24) is 0 Å². The predicted octanol–water partition coefficient (Wildman–Crippen LogP) is 1.54. The molecule has 0 N–H and O–H groups in total. The van der Waals surface area contributed by atoms with E-state index in [1.807, 2.05) is 6.07 Å². The third kappa shape index (κ3) is 1.84. The van der Waals surface area contributed by atoms with Crippen molar-refractivity contribution >= 4 is 5.69 Å². The molecule has 0 saturated carbocycles. The van der Waals surface area contributed by atoms with Gasteiger partial charge in [0, 0.05) is 18.1 Å². The van der Waals surface area contributed by atoms with Crippen LogP contribution in [0.15, 0.2) is 24.3 Å². The summed E-state index contributed by atoms with van der Waals surface area (Å²) in [6, 6.07) is 6.79. The van der Waals surface area contributed by atoms with Gasteiger partial charge in [-0.1, -0.05) is 18.2 Å². The summed E-state index contributed by atoms with van der Waals surface area (Å²) in [5.41, 5.74) is 0.952. The number of nitro benzene ring substituents is 1. The monoisotopic (exact) mass is 179 g/mol. The van der Waals surface area contributed by atoms with Crippen molar-refractivity contribution in [3.8, 4) is 0 Å². The number of rotatable bonds is 3. The van der Waals surface area contributed by atoms with E-state index in [0.29, 0.717) is 6.42 Å². The van der Waals surface area contributed by atoms with Crippen LogP contribution in [0.5, 0.6) is 0 Å². The maximum absolute atomic E-state index is 10.6. The van der Waals surface area contributed by atoms with Gasteiger partial charge in [0.25, 0.3) is 5.69 Å². The second-order valence-corrected chi connectivity index (χ2v) is 3.05. The summed E-state index contributed by atoms with van der Waals surface area (Å²) >= 11 is 0. The standard InChI is InChI=1S/C9H9NO3/c11-10(12)9-4-2-1-3-7(9)5-8-6-13-8/h1-4,8H,5-6H2/t8-/m0/s1. The molecule has 0 bridgehead atoms. The lowest BCUT2D eigenvalue weighted by molar-refractivity contribution is -0.385. The van der Waals surface area contributed by atoms with Gasteiger partial charge in [-0.2, -0.15) is 0 Å². The van der Waals surface area contributed by atoms with E-state index in [1.165, 1.54) is 6.07 Å². The number of hydrogen-bond donors (Lipinski definition) is 0. The van der Waals surface area contributed by atoms with Gasteiger partial charge < -0.3 is 4.74 Å². The SMILES string of the molecule is O=[N+]([O-])c1ccccc1C[C@H]1CO1. The van der Waals surface area contributed by atoms with Gasteiger partial charge in [-0.15, -0.1) is 0 Å². The minimum absolute atomic E-state index is 0.193. The molecule has 1 aromatic rings. The third-order valence-corrected chi connectivity index (χ3v) is 2.04. The van der Waals surface area contributed by atoms with Crippen molar-refractivity contribution in [3.63, 3.8) is 0 Å². The van der Waals surface area contributed by atoms with Gasteiger partial charge in [0.05, 0.1) is 17.6 Å². The van der Waals surface area contributed by atoms with Crippen LogP contribution < -0.4 is 0 Å². The zero-order chi connectivity index (χ0) is 9.26. The lowest BCUT2D eigenvalue weighted by atomic mass is 10.1. The van der Waals surface area contributed by atoms with Crippen LogP contribution in [0.3, 0.4) is 0 Å². The molecule has 0 spiro atoms. The van der Waals surface area contributed by atoms with Gasteiger partial charge in [0.2, 0.25) is 0 Å². The van der Waals surface area contributed by atoms with Crippen LogP contribution in [0.4, 0.5) is 5.69 Å². The van der Waals surface area contributed by atoms with Gasteiger partial charge in [-0.05, 0) is 0 Å². The highest BCUT2D eigenvalue weighted by Gasteiger charge is 2.26. The van der Waals surface area contributed by atoms with Crippen LogP contribution in [0.25, 0.3) is 0 Å². The normalized spacial score (nSPS) is 19.8. The van der Waals surface area contributed by atoms with E-state index >= 15 is 0 Å². The van der Waals surface area contributed by atoms with Crippen LogP contribution in [0.2, 0.25) is 0 Å². The second-order valence-electron chi connectivity index (χ2n) is 3.05. The zero-order valence-electron chi connectivity index (χ0n) is 6.97. The second kappa shape index (κ2) is 3.14. The number of benzene rings is 1. The highest BCUT2D eigenvalue weighted by Crippen LogP contribution is 2.23. The van der Waals surface area contributed by atoms with Gasteiger partial charge in [-0.25, -0.2) is 0 Å².